The van der Waals surface area contributed by atoms with Crippen LogP contribution >= 0.6 is 11.8 Å². The molecule has 29 heavy (non-hydrogen) atoms. The highest BCUT2D eigenvalue weighted by Crippen LogP contribution is 2.34. The number of thioether (sulfide) groups is 1. The molecule has 0 saturated carbocycles. The highest BCUT2D eigenvalue weighted by Gasteiger charge is 2.47. The van der Waals surface area contributed by atoms with Crippen molar-refractivity contribution in [3.05, 3.63) is 44.9 Å². The molecule has 0 saturated heterocycles. The van der Waals surface area contributed by atoms with Crippen LogP contribution in [0, 0.1) is 16.0 Å². The molecule has 1 aromatic carbocycles. The van der Waals surface area contributed by atoms with Gasteiger partial charge in [-0.25, -0.2) is 4.79 Å². The number of rotatable bonds is 5. The summed E-state index contributed by atoms with van der Waals surface area (Å²) in [5, 5.41) is 13.4. The average Bonchev–Trinajstić information content (AvgIpc) is 2.69. The van der Waals surface area contributed by atoms with E-state index in [1.807, 2.05) is 0 Å². The van der Waals surface area contributed by atoms with E-state index in [0.717, 1.165) is 10.5 Å². The van der Waals surface area contributed by atoms with Crippen molar-refractivity contribution in [2.24, 2.45) is 10.9 Å². The molecule has 1 unspecified atom stereocenters. The average molecular weight is 416 g/mol. The lowest BCUT2D eigenvalue weighted by molar-refractivity contribution is -0.407. The number of hydrogen-bond donors (Lipinski definition) is 1. The number of dihydropyridines is 1. The van der Waals surface area contributed by atoms with Crippen molar-refractivity contribution in [2.75, 3.05) is 25.2 Å². The molecule has 3 rings (SSSR count). The number of fused-ring (bicyclic) bond motifs is 1. The molecule has 1 atom stereocenters. The number of non-ortho nitro benzene ring substituents is 1. The number of amides is 4. The number of amidine groups is 1. The molecule has 1 N–H and O–H groups in total. The summed E-state index contributed by atoms with van der Waals surface area (Å²) in [6.45, 7) is 1.79. The van der Waals surface area contributed by atoms with Crippen molar-refractivity contribution in [3.63, 3.8) is 0 Å². The summed E-state index contributed by atoms with van der Waals surface area (Å²) >= 11 is 1.20. The van der Waals surface area contributed by atoms with Crippen LogP contribution in [0.1, 0.15) is 6.92 Å². The highest BCUT2D eigenvalue weighted by molar-refractivity contribution is 8.03. The normalized spacial score (nSPS) is 18.9. The molecule has 10 nitrogen and oxygen atoms in total. The first kappa shape index (κ1) is 20.4. The van der Waals surface area contributed by atoms with E-state index in [0.29, 0.717) is 16.4 Å². The summed E-state index contributed by atoms with van der Waals surface area (Å²) in [6.07, 6.45) is 1.57. The van der Waals surface area contributed by atoms with Gasteiger partial charge in [-0.15, -0.1) is 16.8 Å². The predicted octanol–water partition coefficient (Wildman–Crippen LogP) is 1.87. The number of carbonyl (C=O) groups is 3. The third-order valence-electron chi connectivity index (χ3n) is 4.52. The zero-order chi connectivity index (χ0) is 21.3. The minimum absolute atomic E-state index is 0.0237. The summed E-state index contributed by atoms with van der Waals surface area (Å²) in [5.41, 5.74) is 1.11. The van der Waals surface area contributed by atoms with Gasteiger partial charge in [-0.3, -0.25) is 19.7 Å². The molecule has 0 spiro atoms. The van der Waals surface area contributed by atoms with Gasteiger partial charge < -0.3 is 5.32 Å². The third-order valence-corrected chi connectivity index (χ3v) is 5.79. The third kappa shape index (κ3) is 3.94. The number of allylic oxidation sites excluding steroid dienone is 1. The van der Waals surface area contributed by atoms with Gasteiger partial charge in [-0.05, 0) is 24.6 Å². The maximum Gasteiger partial charge on any atom is 0.445 e. The van der Waals surface area contributed by atoms with E-state index in [-0.39, 0.29) is 17.3 Å². The Morgan fingerprint density at radius 2 is 2.00 bits per heavy atom. The first-order chi connectivity index (χ1) is 13.7. The summed E-state index contributed by atoms with van der Waals surface area (Å²) in [4.78, 5) is 53.2. The van der Waals surface area contributed by atoms with Crippen LogP contribution < -0.4 is 5.32 Å². The SMILES string of the molecule is CC1=C(SCC(=O)Nc2ccc([N+](=O)[O-])cc2)C2C(=O)N(C)C(=O)[N+](C)=C2N=C1. The van der Waals surface area contributed by atoms with Crippen LogP contribution in [-0.4, -0.2) is 64.1 Å². The van der Waals surface area contributed by atoms with Gasteiger partial charge in [0, 0.05) is 22.7 Å². The van der Waals surface area contributed by atoms with Crippen molar-refractivity contribution in [1.29, 1.82) is 0 Å². The van der Waals surface area contributed by atoms with Crippen molar-refractivity contribution in [3.8, 4) is 0 Å². The quantitative estimate of drug-likeness (QED) is 0.444. The number of anilines is 1. The zero-order valence-corrected chi connectivity index (χ0v) is 16.7. The molecule has 2 heterocycles. The number of benzene rings is 1. The Morgan fingerprint density at radius 3 is 2.62 bits per heavy atom. The lowest BCUT2D eigenvalue weighted by atomic mass is 9.99. The molecule has 2 aliphatic rings. The number of nitrogens with one attached hydrogen (secondary N) is 1. The first-order valence-electron chi connectivity index (χ1n) is 8.54. The summed E-state index contributed by atoms with van der Waals surface area (Å²) in [5.74, 6) is -1.09. The van der Waals surface area contributed by atoms with E-state index in [4.69, 9.17) is 0 Å². The summed E-state index contributed by atoms with van der Waals surface area (Å²) in [6, 6.07) is 5.04. The van der Waals surface area contributed by atoms with Crippen LogP contribution in [0.25, 0.3) is 0 Å². The van der Waals surface area contributed by atoms with E-state index in [2.05, 4.69) is 10.3 Å². The van der Waals surface area contributed by atoms with Crippen molar-refractivity contribution in [1.82, 2.24) is 4.90 Å². The van der Waals surface area contributed by atoms with Gasteiger partial charge in [0.1, 0.15) is 6.21 Å². The first-order valence-corrected chi connectivity index (χ1v) is 9.53. The van der Waals surface area contributed by atoms with E-state index >= 15 is 0 Å². The van der Waals surface area contributed by atoms with E-state index in [1.54, 1.807) is 20.2 Å². The fourth-order valence-electron chi connectivity index (χ4n) is 2.96. The molecule has 4 amide bonds. The molecule has 1 aromatic rings. The van der Waals surface area contributed by atoms with Gasteiger partial charge in [-0.2, -0.15) is 9.48 Å². The van der Waals surface area contributed by atoms with Crippen molar-refractivity contribution >= 4 is 53.0 Å². The number of carbonyl (C=O) groups excluding carboxylic acids is 3. The molecule has 0 bridgehead atoms. The Hall–Kier alpha value is -3.34. The molecular weight excluding hydrogens is 398 g/mol. The second kappa shape index (κ2) is 7.95. The maximum absolute atomic E-state index is 12.7. The van der Waals surface area contributed by atoms with Gasteiger partial charge in [0.05, 0.1) is 24.8 Å². The Bertz CT molecular complexity index is 1010. The van der Waals surface area contributed by atoms with E-state index in [1.165, 1.54) is 47.7 Å². The summed E-state index contributed by atoms with van der Waals surface area (Å²) in [7, 11) is 2.96. The fourth-order valence-corrected chi connectivity index (χ4v) is 3.98. The molecule has 0 aromatic heterocycles. The van der Waals surface area contributed by atoms with Crippen LogP contribution in [0.4, 0.5) is 16.2 Å². The molecule has 0 fully saturated rings. The van der Waals surface area contributed by atoms with Crippen LogP contribution in [0.5, 0.6) is 0 Å². The van der Waals surface area contributed by atoms with Gasteiger partial charge in [0.15, 0.2) is 5.92 Å². The molecule has 150 valence electrons. The molecule has 0 aliphatic carbocycles. The second-order valence-electron chi connectivity index (χ2n) is 6.48. The van der Waals surface area contributed by atoms with E-state index in [9.17, 15) is 24.5 Å². The molecule has 11 heteroatoms. The maximum atomic E-state index is 12.7. The number of nitro groups is 1. The number of hydrogen-bond acceptors (Lipinski definition) is 7. The van der Waals surface area contributed by atoms with E-state index < -0.39 is 22.8 Å². The van der Waals surface area contributed by atoms with Gasteiger partial charge in [-0.1, -0.05) is 0 Å². The zero-order valence-electron chi connectivity index (χ0n) is 15.9. The topological polar surface area (TPSA) is 125 Å². The molecular formula is C18H18N5O5S+. The number of nitro benzene ring substituents is 1. The number of imide groups is 1. The van der Waals surface area contributed by atoms with Gasteiger partial charge >= 0.3 is 11.9 Å². The van der Waals surface area contributed by atoms with Crippen molar-refractivity contribution < 1.29 is 23.9 Å². The highest BCUT2D eigenvalue weighted by atomic mass is 32.2. The summed E-state index contributed by atoms with van der Waals surface area (Å²) < 4.78 is 1.33. The standard InChI is InChI=1S/C18H17N5O5S/c1-10-8-19-16-14(17(25)22(3)18(26)21(16)2)15(10)29-9-13(24)20-11-4-6-12(7-5-11)23(27)28/h4-8,14H,9H2,1-3H3/p+1. The number of aliphatic imine (C=N–C) groups is 1. The van der Waals surface area contributed by atoms with Crippen molar-refractivity contribution in [2.45, 2.75) is 6.92 Å². The Balaban J connectivity index is 1.73. The fraction of sp³-hybridized carbons (Fsp3) is 0.278. The largest absolute Gasteiger partial charge is 0.445 e. The lowest BCUT2D eigenvalue weighted by Gasteiger charge is -2.27. The van der Waals surface area contributed by atoms with Gasteiger partial charge in [0.2, 0.25) is 5.91 Å². The smallest absolute Gasteiger partial charge is 0.325 e. The van der Waals surface area contributed by atoms with Crippen LogP contribution in [0.3, 0.4) is 0 Å². The van der Waals surface area contributed by atoms with Gasteiger partial charge in [0.25, 0.3) is 11.5 Å². The Kier molecular flexibility index (Phi) is 5.59. The molecule has 0 radical (unpaired) electrons. The van der Waals surface area contributed by atoms with Crippen LogP contribution in [-0.2, 0) is 9.59 Å². The Labute approximate surface area is 170 Å². The minimum atomic E-state index is -0.732. The minimum Gasteiger partial charge on any atom is -0.325 e. The molecule has 2 aliphatic heterocycles. The van der Waals surface area contributed by atoms with Crippen LogP contribution in [0.2, 0.25) is 0 Å². The number of urea groups is 1. The lowest BCUT2D eigenvalue weighted by Crippen LogP contribution is -2.52. The predicted molar refractivity (Wildman–Crippen MR) is 108 cm³/mol. The van der Waals surface area contributed by atoms with Crippen LogP contribution in [0.15, 0.2) is 39.7 Å². The number of nitrogens with zero attached hydrogens (tertiary/aromatic N) is 4. The monoisotopic (exact) mass is 416 g/mol. The second-order valence-corrected chi connectivity index (χ2v) is 7.49. The Morgan fingerprint density at radius 1 is 1.34 bits per heavy atom.